The monoisotopic (exact) mass is 236 g/mol. The average molecular weight is 236 g/mol. The van der Waals surface area contributed by atoms with Gasteiger partial charge in [-0.1, -0.05) is 6.92 Å². The van der Waals surface area contributed by atoms with Crippen LogP contribution < -0.4 is 5.73 Å². The molecule has 0 saturated heterocycles. The van der Waals surface area contributed by atoms with E-state index in [0.717, 1.165) is 12.3 Å². The van der Waals surface area contributed by atoms with Crippen LogP contribution in [0.4, 0.5) is 0 Å². The standard InChI is InChI=1S/C14H24N2O/c1-11-12(5-8-17-11)9-16(4)14(3,10-15)13(2)6-7-13/h5,8H,6-7,9-10,15H2,1-4H3. The van der Waals surface area contributed by atoms with Crippen LogP contribution in [0.1, 0.15) is 38.0 Å². The van der Waals surface area contributed by atoms with E-state index in [1.807, 2.05) is 6.92 Å². The molecule has 1 heterocycles. The molecule has 0 radical (unpaired) electrons. The molecule has 96 valence electrons. The smallest absolute Gasteiger partial charge is 0.105 e. The molecule has 0 aliphatic heterocycles. The first-order chi connectivity index (χ1) is 7.93. The third-order valence-electron chi connectivity index (χ3n) is 4.91. The van der Waals surface area contributed by atoms with Crippen molar-refractivity contribution in [2.24, 2.45) is 11.1 Å². The van der Waals surface area contributed by atoms with Crippen LogP contribution >= 0.6 is 0 Å². The molecule has 1 aliphatic carbocycles. The Kier molecular flexibility index (Phi) is 3.08. The molecule has 2 N–H and O–H groups in total. The average Bonchev–Trinajstić information content (AvgIpc) is 2.94. The lowest BCUT2D eigenvalue weighted by atomic mass is 9.82. The van der Waals surface area contributed by atoms with Crippen molar-refractivity contribution in [3.8, 4) is 0 Å². The molecule has 17 heavy (non-hydrogen) atoms. The van der Waals surface area contributed by atoms with E-state index in [-0.39, 0.29) is 5.54 Å². The Balaban J connectivity index is 2.13. The van der Waals surface area contributed by atoms with Crippen molar-refractivity contribution in [2.45, 2.75) is 45.7 Å². The summed E-state index contributed by atoms with van der Waals surface area (Å²) in [4.78, 5) is 2.39. The van der Waals surface area contributed by atoms with Gasteiger partial charge in [0.2, 0.25) is 0 Å². The molecule has 1 atom stereocenters. The number of nitrogens with zero attached hydrogens (tertiary/aromatic N) is 1. The molecule has 1 unspecified atom stereocenters. The van der Waals surface area contributed by atoms with E-state index in [2.05, 4.69) is 31.9 Å². The number of hydrogen-bond donors (Lipinski definition) is 1. The summed E-state index contributed by atoms with van der Waals surface area (Å²) >= 11 is 0. The Morgan fingerprint density at radius 2 is 2.18 bits per heavy atom. The highest BCUT2D eigenvalue weighted by atomic mass is 16.3. The van der Waals surface area contributed by atoms with Gasteiger partial charge in [0.15, 0.2) is 0 Å². The second kappa shape index (κ2) is 4.14. The van der Waals surface area contributed by atoms with E-state index in [4.69, 9.17) is 10.2 Å². The van der Waals surface area contributed by atoms with Gasteiger partial charge in [0.05, 0.1) is 6.26 Å². The molecule has 0 amide bonds. The van der Waals surface area contributed by atoms with Crippen LogP contribution in [0.5, 0.6) is 0 Å². The second-order valence-electron chi connectivity index (χ2n) is 5.90. The minimum Gasteiger partial charge on any atom is -0.469 e. The molecule has 1 aromatic heterocycles. The Labute approximate surface area is 104 Å². The van der Waals surface area contributed by atoms with Gasteiger partial charge >= 0.3 is 0 Å². The van der Waals surface area contributed by atoms with E-state index in [0.29, 0.717) is 12.0 Å². The SMILES string of the molecule is Cc1occc1CN(C)C(C)(CN)C1(C)CC1. The quantitative estimate of drug-likeness (QED) is 0.854. The Morgan fingerprint density at radius 3 is 2.59 bits per heavy atom. The van der Waals surface area contributed by atoms with E-state index < -0.39 is 0 Å². The minimum absolute atomic E-state index is 0.0801. The van der Waals surface area contributed by atoms with Crippen molar-refractivity contribution in [3.05, 3.63) is 23.7 Å². The molecule has 3 nitrogen and oxygen atoms in total. The summed E-state index contributed by atoms with van der Waals surface area (Å²) in [5.41, 5.74) is 7.76. The van der Waals surface area contributed by atoms with Crippen molar-refractivity contribution in [3.63, 3.8) is 0 Å². The maximum Gasteiger partial charge on any atom is 0.105 e. The maximum atomic E-state index is 6.04. The number of rotatable bonds is 5. The van der Waals surface area contributed by atoms with Crippen molar-refractivity contribution in [2.75, 3.05) is 13.6 Å². The number of nitrogens with two attached hydrogens (primary N) is 1. The molecule has 1 aliphatic rings. The van der Waals surface area contributed by atoms with E-state index in [1.54, 1.807) is 6.26 Å². The highest BCUT2D eigenvalue weighted by Crippen LogP contribution is 2.55. The van der Waals surface area contributed by atoms with Crippen LogP contribution in [0.15, 0.2) is 16.7 Å². The third kappa shape index (κ3) is 2.02. The zero-order valence-corrected chi connectivity index (χ0v) is 11.4. The van der Waals surface area contributed by atoms with Crippen LogP contribution in [-0.2, 0) is 6.54 Å². The van der Waals surface area contributed by atoms with Gasteiger partial charge in [-0.3, -0.25) is 4.90 Å². The van der Waals surface area contributed by atoms with Gasteiger partial charge in [0, 0.05) is 24.2 Å². The lowest BCUT2D eigenvalue weighted by molar-refractivity contribution is 0.0656. The highest BCUT2D eigenvalue weighted by Gasteiger charge is 2.54. The number of hydrogen-bond acceptors (Lipinski definition) is 3. The lowest BCUT2D eigenvalue weighted by Gasteiger charge is -2.43. The molecule has 1 saturated carbocycles. The van der Waals surface area contributed by atoms with Gasteiger partial charge in [-0.05, 0) is 45.2 Å². The molecule has 3 heteroatoms. The molecule has 0 bridgehead atoms. The van der Waals surface area contributed by atoms with E-state index in [9.17, 15) is 0 Å². The molecular formula is C14H24N2O. The number of aryl methyl sites for hydroxylation is 1. The summed E-state index contributed by atoms with van der Waals surface area (Å²) in [5.74, 6) is 1.01. The van der Waals surface area contributed by atoms with Crippen molar-refractivity contribution in [1.29, 1.82) is 0 Å². The first-order valence-electron chi connectivity index (χ1n) is 6.37. The molecule has 2 rings (SSSR count). The number of likely N-dealkylation sites (N-methyl/N-ethyl adjacent to an activating group) is 1. The molecule has 1 aromatic rings. The summed E-state index contributed by atoms with van der Waals surface area (Å²) < 4.78 is 5.36. The Hall–Kier alpha value is -0.800. The second-order valence-corrected chi connectivity index (χ2v) is 5.90. The fourth-order valence-electron chi connectivity index (χ4n) is 2.59. The van der Waals surface area contributed by atoms with Crippen LogP contribution in [0.2, 0.25) is 0 Å². The normalized spacial score (nSPS) is 21.5. The van der Waals surface area contributed by atoms with Gasteiger partial charge in [0.1, 0.15) is 5.76 Å². The van der Waals surface area contributed by atoms with Gasteiger partial charge in [-0.25, -0.2) is 0 Å². The fraction of sp³-hybridized carbons (Fsp3) is 0.714. The fourth-order valence-corrected chi connectivity index (χ4v) is 2.59. The van der Waals surface area contributed by atoms with Gasteiger partial charge in [-0.15, -0.1) is 0 Å². The van der Waals surface area contributed by atoms with Gasteiger partial charge in [-0.2, -0.15) is 0 Å². The zero-order chi connectivity index (χ0) is 12.7. The summed E-state index contributed by atoms with van der Waals surface area (Å²) in [6.07, 6.45) is 4.34. The van der Waals surface area contributed by atoms with Gasteiger partial charge in [0.25, 0.3) is 0 Å². The summed E-state index contributed by atoms with van der Waals surface area (Å²) in [6.45, 7) is 8.26. The first kappa shape index (κ1) is 12.7. The Bertz CT molecular complexity index is 395. The van der Waals surface area contributed by atoms with Crippen LogP contribution in [-0.4, -0.2) is 24.0 Å². The lowest BCUT2D eigenvalue weighted by Crippen LogP contribution is -2.55. The summed E-state index contributed by atoms with van der Waals surface area (Å²) in [5, 5.41) is 0. The van der Waals surface area contributed by atoms with E-state index >= 15 is 0 Å². The highest BCUT2D eigenvalue weighted by molar-refractivity contribution is 5.17. The van der Waals surface area contributed by atoms with Crippen molar-refractivity contribution < 1.29 is 4.42 Å². The summed E-state index contributed by atoms with van der Waals surface area (Å²) in [6, 6.07) is 2.05. The molecule has 0 spiro atoms. The topological polar surface area (TPSA) is 42.4 Å². The van der Waals surface area contributed by atoms with E-state index in [1.165, 1.54) is 18.4 Å². The maximum absolute atomic E-state index is 6.04. The number of furan rings is 1. The predicted octanol–water partition coefficient (Wildman–Crippen LogP) is 2.54. The van der Waals surface area contributed by atoms with Crippen molar-refractivity contribution >= 4 is 0 Å². The Morgan fingerprint density at radius 1 is 1.53 bits per heavy atom. The minimum atomic E-state index is 0.0801. The summed E-state index contributed by atoms with van der Waals surface area (Å²) in [7, 11) is 2.17. The zero-order valence-electron chi connectivity index (χ0n) is 11.4. The molecule has 0 aromatic carbocycles. The van der Waals surface area contributed by atoms with Crippen LogP contribution in [0.25, 0.3) is 0 Å². The first-order valence-corrected chi connectivity index (χ1v) is 6.37. The predicted molar refractivity (Wildman–Crippen MR) is 69.7 cm³/mol. The van der Waals surface area contributed by atoms with Crippen molar-refractivity contribution in [1.82, 2.24) is 4.90 Å². The largest absolute Gasteiger partial charge is 0.469 e. The van der Waals surface area contributed by atoms with Gasteiger partial charge < -0.3 is 10.2 Å². The molecular weight excluding hydrogens is 212 g/mol. The third-order valence-corrected chi connectivity index (χ3v) is 4.91. The van der Waals surface area contributed by atoms with Crippen LogP contribution in [0, 0.1) is 12.3 Å². The van der Waals surface area contributed by atoms with Crippen LogP contribution in [0.3, 0.4) is 0 Å². The molecule has 1 fully saturated rings.